The summed E-state index contributed by atoms with van der Waals surface area (Å²) < 4.78 is 33.9. The fourth-order valence-corrected chi connectivity index (χ4v) is 3.72. The van der Waals surface area contributed by atoms with Gasteiger partial charge in [-0.15, -0.1) is 0 Å². The number of carbonyl (C=O) groups excluding carboxylic acids is 1. The molecule has 7 heteroatoms. The molecule has 0 radical (unpaired) electrons. The number of benzene rings is 2. The Balaban J connectivity index is 1.13. The van der Waals surface area contributed by atoms with Crippen LogP contribution in [0.1, 0.15) is 25.0 Å². The quantitative estimate of drug-likeness (QED) is 0.460. The molecule has 0 unspecified atom stereocenters. The summed E-state index contributed by atoms with van der Waals surface area (Å²) in [6, 6.07) is 19.9. The molecule has 2 heterocycles. The van der Waals surface area contributed by atoms with Crippen LogP contribution in [-0.2, 0) is 28.4 Å². The Morgan fingerprint density at radius 3 is 1.44 bits per heavy atom. The van der Waals surface area contributed by atoms with E-state index in [2.05, 4.69) is 0 Å². The predicted octanol–water partition coefficient (Wildman–Crippen LogP) is 5.32. The predicted molar refractivity (Wildman–Crippen MR) is 136 cm³/mol. The van der Waals surface area contributed by atoms with Crippen LogP contribution in [0.4, 0.5) is 4.79 Å². The van der Waals surface area contributed by atoms with Gasteiger partial charge in [0.1, 0.15) is 13.2 Å². The van der Waals surface area contributed by atoms with Gasteiger partial charge in [-0.05, 0) is 23.3 Å². The lowest BCUT2D eigenvalue weighted by molar-refractivity contribution is -0.215. The van der Waals surface area contributed by atoms with Gasteiger partial charge in [0.2, 0.25) is 0 Å². The Bertz CT molecular complexity index is 921. The highest BCUT2D eigenvalue weighted by Crippen LogP contribution is 2.27. The van der Waals surface area contributed by atoms with E-state index in [0.29, 0.717) is 26.4 Å². The molecule has 36 heavy (non-hydrogen) atoms. The minimum atomic E-state index is -0.727. The van der Waals surface area contributed by atoms with Crippen molar-refractivity contribution in [3.8, 4) is 0 Å². The van der Waals surface area contributed by atoms with Gasteiger partial charge in [-0.2, -0.15) is 0 Å². The van der Waals surface area contributed by atoms with Crippen molar-refractivity contribution in [1.82, 2.24) is 0 Å². The lowest BCUT2D eigenvalue weighted by Gasteiger charge is -2.36. The van der Waals surface area contributed by atoms with Crippen molar-refractivity contribution in [3.63, 3.8) is 0 Å². The smallest absolute Gasteiger partial charge is 0.434 e. The fraction of sp³-hybridized carbons (Fsp3) is 0.414. The summed E-state index contributed by atoms with van der Waals surface area (Å²) >= 11 is 0. The number of rotatable bonds is 8. The first-order valence-corrected chi connectivity index (χ1v) is 12.1. The topological polar surface area (TPSA) is 72.5 Å². The van der Waals surface area contributed by atoms with Gasteiger partial charge in [0.15, 0.2) is 12.6 Å². The molecule has 2 aromatic carbocycles. The minimum absolute atomic E-state index is 0.136. The summed E-state index contributed by atoms with van der Waals surface area (Å²) in [5.74, 6) is 0. The van der Waals surface area contributed by atoms with E-state index >= 15 is 0 Å². The Labute approximate surface area is 212 Å². The molecule has 0 amide bonds. The van der Waals surface area contributed by atoms with Crippen molar-refractivity contribution in [2.24, 2.45) is 10.8 Å². The Morgan fingerprint density at radius 2 is 1.08 bits per heavy atom. The number of hydrogen-bond acceptors (Lipinski definition) is 7. The van der Waals surface area contributed by atoms with Gasteiger partial charge in [-0.25, -0.2) is 4.79 Å². The Hall–Kier alpha value is -2.97. The standard InChI is InChI=1S/C29H34O7/c1-28(17-31-25(32-18-28)15-13-23-9-5-3-6-10-23)21-35-27(30)36-22-29(2)19-33-26(34-20-29)16-14-24-11-7-4-8-12-24/h3-16,25-26H,17-22H2,1-2H3/b15-13+,16-14+. The van der Waals surface area contributed by atoms with E-state index in [1.807, 2.05) is 98.8 Å². The molecule has 0 spiro atoms. The van der Waals surface area contributed by atoms with Crippen molar-refractivity contribution >= 4 is 18.3 Å². The van der Waals surface area contributed by atoms with Crippen LogP contribution in [0.3, 0.4) is 0 Å². The molecule has 0 atom stereocenters. The zero-order valence-electron chi connectivity index (χ0n) is 20.8. The molecule has 0 saturated carbocycles. The molecule has 2 fully saturated rings. The van der Waals surface area contributed by atoms with Gasteiger partial charge >= 0.3 is 6.16 Å². The van der Waals surface area contributed by atoms with Gasteiger partial charge in [-0.1, -0.05) is 86.7 Å². The van der Waals surface area contributed by atoms with E-state index < -0.39 is 29.6 Å². The number of hydrogen-bond donors (Lipinski definition) is 0. The van der Waals surface area contributed by atoms with Crippen molar-refractivity contribution in [1.29, 1.82) is 0 Å². The maximum absolute atomic E-state index is 12.2. The molecule has 0 aliphatic carbocycles. The highest BCUT2D eigenvalue weighted by Gasteiger charge is 2.36. The molecule has 2 aliphatic rings. The van der Waals surface area contributed by atoms with Crippen molar-refractivity contribution < 1.29 is 33.2 Å². The van der Waals surface area contributed by atoms with Crippen LogP contribution in [0.15, 0.2) is 72.8 Å². The first-order chi connectivity index (χ1) is 17.4. The average molecular weight is 495 g/mol. The zero-order valence-corrected chi connectivity index (χ0v) is 20.8. The summed E-state index contributed by atoms with van der Waals surface area (Å²) in [6.07, 6.45) is 6.09. The lowest BCUT2D eigenvalue weighted by Crippen LogP contribution is -2.44. The third kappa shape index (κ3) is 8.03. The molecule has 4 rings (SSSR count). The molecule has 7 nitrogen and oxygen atoms in total. The van der Waals surface area contributed by atoms with Crippen LogP contribution < -0.4 is 0 Å². The van der Waals surface area contributed by atoms with Gasteiger partial charge in [0.05, 0.1) is 26.4 Å². The van der Waals surface area contributed by atoms with Crippen LogP contribution in [0.5, 0.6) is 0 Å². The average Bonchev–Trinajstić information content (AvgIpc) is 2.92. The summed E-state index contributed by atoms with van der Waals surface area (Å²) in [4.78, 5) is 12.2. The third-order valence-corrected chi connectivity index (χ3v) is 5.95. The van der Waals surface area contributed by atoms with Gasteiger partial charge in [-0.3, -0.25) is 0 Å². The largest absolute Gasteiger partial charge is 0.508 e. The summed E-state index contributed by atoms with van der Waals surface area (Å²) in [7, 11) is 0. The van der Waals surface area contributed by atoms with Gasteiger partial charge < -0.3 is 28.4 Å². The molecular formula is C29H34O7. The normalized spacial score (nSPS) is 28.8. The molecule has 192 valence electrons. The highest BCUT2D eigenvalue weighted by atomic mass is 16.7. The van der Waals surface area contributed by atoms with E-state index in [-0.39, 0.29) is 13.2 Å². The summed E-state index contributed by atoms with van der Waals surface area (Å²) in [5, 5.41) is 0. The molecule has 0 N–H and O–H groups in total. The number of ether oxygens (including phenoxy) is 6. The third-order valence-electron chi connectivity index (χ3n) is 5.95. The van der Waals surface area contributed by atoms with E-state index in [1.165, 1.54) is 0 Å². The van der Waals surface area contributed by atoms with Crippen LogP contribution in [0, 0.1) is 10.8 Å². The van der Waals surface area contributed by atoms with E-state index in [0.717, 1.165) is 11.1 Å². The lowest BCUT2D eigenvalue weighted by atomic mass is 9.93. The summed E-state index contributed by atoms with van der Waals surface area (Å²) in [6.45, 7) is 5.79. The van der Waals surface area contributed by atoms with E-state index in [9.17, 15) is 4.79 Å². The molecule has 2 saturated heterocycles. The first kappa shape index (κ1) is 26.1. The second-order valence-corrected chi connectivity index (χ2v) is 9.97. The van der Waals surface area contributed by atoms with E-state index in [4.69, 9.17) is 28.4 Å². The second kappa shape index (κ2) is 12.3. The van der Waals surface area contributed by atoms with Crippen molar-refractivity contribution in [2.45, 2.75) is 26.4 Å². The van der Waals surface area contributed by atoms with Gasteiger partial charge in [0.25, 0.3) is 0 Å². The Kier molecular flexibility index (Phi) is 8.93. The monoisotopic (exact) mass is 494 g/mol. The van der Waals surface area contributed by atoms with E-state index in [1.54, 1.807) is 0 Å². The Morgan fingerprint density at radius 1 is 0.722 bits per heavy atom. The van der Waals surface area contributed by atoms with Crippen LogP contribution in [0.25, 0.3) is 12.2 Å². The van der Waals surface area contributed by atoms with Crippen molar-refractivity contribution in [2.75, 3.05) is 39.6 Å². The maximum Gasteiger partial charge on any atom is 0.508 e. The fourth-order valence-electron chi connectivity index (χ4n) is 3.72. The van der Waals surface area contributed by atoms with Crippen molar-refractivity contribution in [3.05, 3.63) is 83.9 Å². The minimum Gasteiger partial charge on any atom is -0.434 e. The maximum atomic E-state index is 12.2. The zero-order chi connectivity index (χ0) is 25.3. The summed E-state index contributed by atoms with van der Waals surface area (Å²) in [5.41, 5.74) is 1.25. The number of carbonyl (C=O) groups is 1. The first-order valence-electron chi connectivity index (χ1n) is 12.1. The highest BCUT2D eigenvalue weighted by molar-refractivity contribution is 5.60. The van der Waals surface area contributed by atoms with Crippen LogP contribution >= 0.6 is 0 Å². The molecule has 0 aromatic heterocycles. The van der Waals surface area contributed by atoms with Crippen LogP contribution in [-0.4, -0.2) is 58.4 Å². The molecule has 0 bridgehead atoms. The molecular weight excluding hydrogens is 460 g/mol. The molecule has 2 aromatic rings. The SMILES string of the molecule is CC1(COC(=O)OCC2(C)COC(/C=C/c3ccccc3)OC2)COC(/C=C/c2ccccc2)OC1. The molecule has 2 aliphatic heterocycles. The second-order valence-electron chi connectivity index (χ2n) is 9.97. The van der Waals surface area contributed by atoms with Gasteiger partial charge in [0, 0.05) is 10.8 Å². The van der Waals surface area contributed by atoms with Crippen LogP contribution in [0.2, 0.25) is 0 Å².